The Kier molecular flexibility index (Phi) is 2.44. The fraction of sp³-hybridized carbons (Fsp3) is 0.375. The van der Waals surface area contributed by atoms with E-state index < -0.39 is 0 Å². The Balaban J connectivity index is 2.96. The third-order valence-electron chi connectivity index (χ3n) is 1.44. The van der Waals surface area contributed by atoms with E-state index in [2.05, 4.69) is 0 Å². The second-order valence-corrected chi connectivity index (χ2v) is 2.42. The van der Waals surface area contributed by atoms with E-state index in [0.717, 1.165) is 5.56 Å². The third kappa shape index (κ3) is 1.91. The summed E-state index contributed by atoms with van der Waals surface area (Å²) in [6, 6.07) is 1.54. The van der Waals surface area contributed by atoms with Crippen LogP contribution < -0.4 is 5.43 Å². The number of hydrogen-bond donors (Lipinski definition) is 0. The van der Waals surface area contributed by atoms with Gasteiger partial charge in [0.1, 0.15) is 6.73 Å². The van der Waals surface area contributed by atoms with Gasteiger partial charge in [-0.05, 0) is 6.92 Å². The van der Waals surface area contributed by atoms with Gasteiger partial charge in [-0.1, -0.05) is 0 Å². The highest BCUT2D eigenvalue weighted by molar-refractivity contribution is 5.07. The van der Waals surface area contributed by atoms with Crippen molar-refractivity contribution < 1.29 is 4.74 Å². The molecule has 1 heterocycles. The summed E-state index contributed by atoms with van der Waals surface area (Å²) in [5.41, 5.74) is 0.807. The molecule has 0 saturated carbocycles. The molecule has 0 fully saturated rings. The molecule has 0 aromatic carbocycles. The number of rotatable bonds is 2. The average Bonchev–Trinajstić information content (AvgIpc) is 1.98. The minimum atomic E-state index is 0.0670. The van der Waals surface area contributed by atoms with Gasteiger partial charge in [0, 0.05) is 31.1 Å². The van der Waals surface area contributed by atoms with Gasteiger partial charge in [0.05, 0.1) is 0 Å². The molecule has 1 rings (SSSR count). The molecule has 1 aromatic heterocycles. The molecule has 11 heavy (non-hydrogen) atoms. The van der Waals surface area contributed by atoms with Gasteiger partial charge < -0.3 is 9.30 Å². The molecule has 0 amide bonds. The molecule has 0 spiro atoms. The molecule has 0 saturated heterocycles. The highest BCUT2D eigenvalue weighted by atomic mass is 16.5. The van der Waals surface area contributed by atoms with Gasteiger partial charge in [0.15, 0.2) is 5.43 Å². The van der Waals surface area contributed by atoms with Crippen molar-refractivity contribution in [2.24, 2.45) is 0 Å². The number of aryl methyl sites for hydroxylation is 1. The summed E-state index contributed by atoms with van der Waals surface area (Å²) in [5, 5.41) is 0. The summed E-state index contributed by atoms with van der Waals surface area (Å²) in [6.45, 7) is 2.27. The molecule has 3 nitrogen and oxygen atoms in total. The van der Waals surface area contributed by atoms with E-state index in [-0.39, 0.29) is 5.43 Å². The number of aromatic nitrogens is 1. The zero-order valence-corrected chi connectivity index (χ0v) is 6.70. The van der Waals surface area contributed by atoms with Crippen LogP contribution in [0.25, 0.3) is 0 Å². The Morgan fingerprint density at radius 3 is 2.91 bits per heavy atom. The van der Waals surface area contributed by atoms with Gasteiger partial charge in [-0.3, -0.25) is 4.79 Å². The lowest BCUT2D eigenvalue weighted by molar-refractivity contribution is 0.130. The van der Waals surface area contributed by atoms with Crippen LogP contribution in [0.2, 0.25) is 0 Å². The van der Waals surface area contributed by atoms with Gasteiger partial charge in [-0.15, -0.1) is 0 Å². The lowest BCUT2D eigenvalue weighted by Crippen LogP contribution is -2.09. The normalized spacial score (nSPS) is 10.0. The molecule has 1 aromatic rings. The fourth-order valence-corrected chi connectivity index (χ4v) is 0.880. The van der Waals surface area contributed by atoms with Gasteiger partial charge in [0.25, 0.3) is 0 Å². The summed E-state index contributed by atoms with van der Waals surface area (Å²) in [6.07, 6.45) is 3.48. The van der Waals surface area contributed by atoms with Gasteiger partial charge in [0.2, 0.25) is 0 Å². The molecule has 60 valence electrons. The number of nitrogens with zero attached hydrogens (tertiary/aromatic N) is 1. The molecule has 0 bridgehead atoms. The monoisotopic (exact) mass is 153 g/mol. The van der Waals surface area contributed by atoms with Crippen molar-refractivity contribution in [3.63, 3.8) is 0 Å². The molecular weight excluding hydrogens is 142 g/mol. The summed E-state index contributed by atoms with van der Waals surface area (Å²) in [5.74, 6) is 0. The lowest BCUT2D eigenvalue weighted by Gasteiger charge is -2.03. The highest BCUT2D eigenvalue weighted by Crippen LogP contribution is 1.89. The van der Waals surface area contributed by atoms with Crippen LogP contribution in [0.15, 0.2) is 23.3 Å². The maximum Gasteiger partial charge on any atom is 0.184 e. The maximum absolute atomic E-state index is 10.9. The van der Waals surface area contributed by atoms with Crippen molar-refractivity contribution in [2.75, 3.05) is 7.11 Å². The van der Waals surface area contributed by atoms with Crippen LogP contribution in [0.5, 0.6) is 0 Å². The van der Waals surface area contributed by atoms with E-state index in [1.807, 2.05) is 4.57 Å². The first kappa shape index (κ1) is 8.01. The van der Waals surface area contributed by atoms with E-state index in [9.17, 15) is 4.79 Å². The number of ether oxygens (including phenoxy) is 1. The van der Waals surface area contributed by atoms with Crippen molar-refractivity contribution in [1.29, 1.82) is 0 Å². The van der Waals surface area contributed by atoms with Gasteiger partial charge in [-0.25, -0.2) is 0 Å². The lowest BCUT2D eigenvalue weighted by atomic mass is 10.3. The van der Waals surface area contributed by atoms with Crippen molar-refractivity contribution in [2.45, 2.75) is 13.7 Å². The van der Waals surface area contributed by atoms with E-state index >= 15 is 0 Å². The minimum Gasteiger partial charge on any atom is -0.364 e. The van der Waals surface area contributed by atoms with Crippen LogP contribution in [0.1, 0.15) is 5.56 Å². The molecule has 0 atom stereocenters. The SMILES string of the molecule is COCn1ccc(=O)c(C)c1. The van der Waals surface area contributed by atoms with Crippen molar-refractivity contribution >= 4 is 0 Å². The fourth-order valence-electron chi connectivity index (χ4n) is 0.880. The zero-order valence-electron chi connectivity index (χ0n) is 6.70. The zero-order chi connectivity index (χ0) is 8.27. The topological polar surface area (TPSA) is 31.2 Å². The molecule has 0 N–H and O–H groups in total. The largest absolute Gasteiger partial charge is 0.364 e. The van der Waals surface area contributed by atoms with Crippen molar-refractivity contribution in [1.82, 2.24) is 4.57 Å². The Morgan fingerprint density at radius 2 is 2.36 bits per heavy atom. The van der Waals surface area contributed by atoms with Crippen LogP contribution in [-0.2, 0) is 11.5 Å². The summed E-state index contributed by atoms with van der Waals surface area (Å²) in [4.78, 5) is 10.9. The standard InChI is InChI=1S/C8H11NO2/c1-7-5-9(6-11-2)4-3-8(7)10/h3-5H,6H2,1-2H3. The van der Waals surface area contributed by atoms with Crippen LogP contribution in [-0.4, -0.2) is 11.7 Å². The number of hydrogen-bond acceptors (Lipinski definition) is 2. The first-order valence-corrected chi connectivity index (χ1v) is 3.39. The Hall–Kier alpha value is -1.09. The summed E-state index contributed by atoms with van der Waals surface area (Å²) >= 11 is 0. The van der Waals surface area contributed by atoms with E-state index in [0.29, 0.717) is 6.73 Å². The summed E-state index contributed by atoms with van der Waals surface area (Å²) < 4.78 is 6.70. The molecule has 0 unspecified atom stereocenters. The second-order valence-electron chi connectivity index (χ2n) is 2.42. The highest BCUT2D eigenvalue weighted by Gasteiger charge is 1.91. The number of pyridine rings is 1. The van der Waals surface area contributed by atoms with Gasteiger partial charge >= 0.3 is 0 Å². The molecule has 0 aliphatic carbocycles. The number of methoxy groups -OCH3 is 1. The first-order chi connectivity index (χ1) is 5.24. The molecule has 0 aliphatic heterocycles. The van der Waals surface area contributed by atoms with Crippen molar-refractivity contribution in [3.8, 4) is 0 Å². The smallest absolute Gasteiger partial charge is 0.184 e. The minimum absolute atomic E-state index is 0.0670. The van der Waals surface area contributed by atoms with E-state index in [1.165, 1.54) is 6.07 Å². The molecule has 0 aliphatic rings. The Bertz CT molecular complexity index is 290. The quantitative estimate of drug-likeness (QED) is 0.628. The Labute approximate surface area is 65.2 Å². The van der Waals surface area contributed by atoms with Crippen LogP contribution in [0.3, 0.4) is 0 Å². The van der Waals surface area contributed by atoms with Crippen LogP contribution in [0.4, 0.5) is 0 Å². The molecular formula is C8H11NO2. The third-order valence-corrected chi connectivity index (χ3v) is 1.44. The van der Waals surface area contributed by atoms with Crippen LogP contribution in [0, 0.1) is 6.92 Å². The molecule has 0 radical (unpaired) electrons. The average molecular weight is 153 g/mol. The predicted molar refractivity (Wildman–Crippen MR) is 42.4 cm³/mol. The molecule has 3 heteroatoms. The second kappa shape index (κ2) is 3.34. The van der Waals surface area contributed by atoms with E-state index in [1.54, 1.807) is 26.4 Å². The van der Waals surface area contributed by atoms with Gasteiger partial charge in [-0.2, -0.15) is 0 Å². The predicted octanol–water partition coefficient (Wildman–Crippen LogP) is 0.761. The Morgan fingerprint density at radius 1 is 1.64 bits per heavy atom. The van der Waals surface area contributed by atoms with Crippen molar-refractivity contribution in [3.05, 3.63) is 34.2 Å². The first-order valence-electron chi connectivity index (χ1n) is 3.39. The van der Waals surface area contributed by atoms with Crippen LogP contribution >= 0.6 is 0 Å². The maximum atomic E-state index is 10.9. The summed E-state index contributed by atoms with van der Waals surface area (Å²) in [7, 11) is 1.62. The van der Waals surface area contributed by atoms with E-state index in [4.69, 9.17) is 4.74 Å².